The van der Waals surface area contributed by atoms with E-state index < -0.39 is 97.5 Å². The molecule has 0 spiro atoms. The van der Waals surface area contributed by atoms with E-state index in [2.05, 4.69) is 48.5 Å². The second kappa shape index (κ2) is 63.8. The zero-order chi connectivity index (χ0) is 68.0. The van der Waals surface area contributed by atoms with Gasteiger partial charge in [-0.2, -0.15) is 0 Å². The van der Waals surface area contributed by atoms with Crippen molar-refractivity contribution >= 4 is 39.5 Å². The number of rotatable bonds is 71. The molecule has 92 heavy (non-hydrogen) atoms. The summed E-state index contributed by atoms with van der Waals surface area (Å²) in [5.74, 6) is 0.0927. The van der Waals surface area contributed by atoms with Gasteiger partial charge in [-0.25, -0.2) is 9.13 Å². The lowest BCUT2D eigenvalue weighted by molar-refractivity contribution is -0.161. The Kier molecular flexibility index (Phi) is 62.4. The number of hydrogen-bond donors (Lipinski definition) is 3. The maximum absolute atomic E-state index is 13.0. The van der Waals surface area contributed by atoms with Crippen LogP contribution in [0.25, 0.3) is 0 Å². The van der Waals surface area contributed by atoms with Gasteiger partial charge in [-0.3, -0.25) is 37.3 Å². The number of unbranched alkanes of at least 4 members (excludes halogenated alkanes) is 38. The predicted molar refractivity (Wildman–Crippen MR) is 372 cm³/mol. The van der Waals surface area contributed by atoms with Gasteiger partial charge in [0.05, 0.1) is 26.4 Å². The molecule has 0 aromatic rings. The normalized spacial score (nSPS) is 14.4. The van der Waals surface area contributed by atoms with Crippen molar-refractivity contribution in [2.45, 2.75) is 388 Å². The molecule has 0 heterocycles. The number of aliphatic hydroxyl groups excluding tert-OH is 1. The van der Waals surface area contributed by atoms with Gasteiger partial charge in [0.15, 0.2) is 12.2 Å². The Hall–Kier alpha value is -1.94. The number of carbonyl (C=O) groups excluding carboxylic acids is 4. The molecule has 0 radical (unpaired) electrons. The van der Waals surface area contributed by atoms with Crippen molar-refractivity contribution in [2.75, 3.05) is 39.6 Å². The van der Waals surface area contributed by atoms with E-state index in [4.69, 9.17) is 37.0 Å². The smallest absolute Gasteiger partial charge is 0.462 e. The summed E-state index contributed by atoms with van der Waals surface area (Å²) in [5.41, 5.74) is 0. The van der Waals surface area contributed by atoms with Gasteiger partial charge >= 0.3 is 39.5 Å². The van der Waals surface area contributed by atoms with Crippen LogP contribution in [0, 0.1) is 17.8 Å². The highest BCUT2D eigenvalue weighted by Gasteiger charge is 2.30. The van der Waals surface area contributed by atoms with Crippen LogP contribution in [0.15, 0.2) is 0 Å². The maximum Gasteiger partial charge on any atom is 0.472 e. The van der Waals surface area contributed by atoms with Crippen molar-refractivity contribution < 1.29 is 80.2 Å². The molecule has 0 aliphatic carbocycles. The van der Waals surface area contributed by atoms with Gasteiger partial charge in [0.25, 0.3) is 0 Å². The van der Waals surface area contributed by atoms with E-state index in [0.717, 1.165) is 108 Å². The largest absolute Gasteiger partial charge is 0.472 e. The molecule has 0 aromatic heterocycles. The van der Waals surface area contributed by atoms with Crippen LogP contribution < -0.4 is 0 Å². The third-order valence-electron chi connectivity index (χ3n) is 17.2. The summed E-state index contributed by atoms with van der Waals surface area (Å²) in [4.78, 5) is 72.6. The first kappa shape index (κ1) is 90.1. The fraction of sp³-hybridized carbons (Fsp3) is 0.945. The summed E-state index contributed by atoms with van der Waals surface area (Å²) in [6.07, 6.45) is 48.9. The summed E-state index contributed by atoms with van der Waals surface area (Å²) in [6.45, 7) is 11.8. The zero-order valence-electron chi connectivity index (χ0n) is 60.0. The van der Waals surface area contributed by atoms with Crippen LogP contribution in [0.2, 0.25) is 0 Å². The lowest BCUT2D eigenvalue weighted by atomic mass is 10.00. The van der Waals surface area contributed by atoms with Gasteiger partial charge in [-0.15, -0.1) is 0 Å². The Morgan fingerprint density at radius 2 is 0.554 bits per heavy atom. The lowest BCUT2D eigenvalue weighted by Crippen LogP contribution is -2.30. The number of ether oxygens (including phenoxy) is 4. The summed E-state index contributed by atoms with van der Waals surface area (Å²) in [6, 6.07) is 0. The minimum Gasteiger partial charge on any atom is -0.462 e. The Bertz CT molecular complexity index is 1800. The van der Waals surface area contributed by atoms with Gasteiger partial charge < -0.3 is 33.8 Å². The van der Waals surface area contributed by atoms with E-state index in [-0.39, 0.29) is 25.7 Å². The highest BCUT2D eigenvalue weighted by atomic mass is 31.2. The number of hydrogen-bond acceptors (Lipinski definition) is 15. The van der Waals surface area contributed by atoms with E-state index in [9.17, 15) is 43.2 Å². The molecule has 0 amide bonds. The SMILES string of the molecule is CCCCCCCCCCCCCCC(=O)OC[C@H](COP(=O)(O)OC[C@@H](O)COP(=O)(O)OC[C@@H](COC(=O)CCCCCCCCC(C)C)OC(=O)CCCCCCCCC(C)CC)OC(=O)CCCCCCCCCCCCCCCCCCCCC(C)C. The van der Waals surface area contributed by atoms with Gasteiger partial charge in [0.2, 0.25) is 0 Å². The van der Waals surface area contributed by atoms with Crippen LogP contribution in [0.4, 0.5) is 0 Å². The average Bonchev–Trinajstić information content (AvgIpc) is 2.14. The molecule has 0 aliphatic heterocycles. The molecule has 0 saturated heterocycles. The molecule has 0 fully saturated rings. The molecule has 19 heteroatoms. The van der Waals surface area contributed by atoms with E-state index in [1.54, 1.807) is 0 Å². The van der Waals surface area contributed by atoms with Crippen molar-refractivity contribution in [1.29, 1.82) is 0 Å². The van der Waals surface area contributed by atoms with Gasteiger partial charge in [0.1, 0.15) is 19.3 Å². The van der Waals surface area contributed by atoms with Crippen molar-refractivity contribution in [3.63, 3.8) is 0 Å². The number of aliphatic hydroxyl groups is 1. The fourth-order valence-corrected chi connectivity index (χ4v) is 12.6. The van der Waals surface area contributed by atoms with Crippen LogP contribution in [0.1, 0.15) is 370 Å². The fourth-order valence-electron chi connectivity index (χ4n) is 11.0. The molecule has 3 unspecified atom stereocenters. The molecule has 0 bridgehead atoms. The van der Waals surface area contributed by atoms with Crippen LogP contribution in [0.3, 0.4) is 0 Å². The maximum atomic E-state index is 13.0. The molecular formula is C73H142O17P2. The molecule has 6 atom stereocenters. The highest BCUT2D eigenvalue weighted by molar-refractivity contribution is 7.47. The molecule has 0 aliphatic rings. The highest BCUT2D eigenvalue weighted by Crippen LogP contribution is 2.45. The second-order valence-corrected chi connectivity index (χ2v) is 30.4. The molecular weight excluding hydrogens is 1210 g/mol. The predicted octanol–water partition coefficient (Wildman–Crippen LogP) is 21.0. The summed E-state index contributed by atoms with van der Waals surface area (Å²) in [5, 5.41) is 10.6. The third kappa shape index (κ3) is 65.4. The molecule has 3 N–H and O–H groups in total. The van der Waals surface area contributed by atoms with E-state index >= 15 is 0 Å². The Morgan fingerprint density at radius 3 is 0.826 bits per heavy atom. The van der Waals surface area contributed by atoms with Crippen LogP contribution >= 0.6 is 15.6 Å². The van der Waals surface area contributed by atoms with Gasteiger partial charge in [-0.1, -0.05) is 318 Å². The van der Waals surface area contributed by atoms with Gasteiger partial charge in [-0.05, 0) is 43.4 Å². The first-order valence-electron chi connectivity index (χ1n) is 37.9. The van der Waals surface area contributed by atoms with Crippen LogP contribution in [0.5, 0.6) is 0 Å². The van der Waals surface area contributed by atoms with E-state index in [0.29, 0.717) is 31.6 Å². The standard InChI is InChI=1S/C73H142O17P2/c1-8-10-11-12-13-14-15-25-28-31-40-47-54-70(75)83-60-68(89-72(77)56-49-42-32-29-26-23-21-19-17-16-18-20-22-24-27-30-37-44-51-64(3)4)62-87-91(79,80)85-58-67(74)59-86-92(81,82)88-63-69(61-84-71(76)55-48-41-35-33-38-45-52-65(5)6)90-73(78)57-50-43-36-34-39-46-53-66(7)9-2/h64-69,74H,8-63H2,1-7H3,(H,79,80)(H,81,82)/t66?,67-,68-,69-/m1/s1. The van der Waals surface area contributed by atoms with Crippen molar-refractivity contribution in [2.24, 2.45) is 17.8 Å². The first-order chi connectivity index (χ1) is 44.3. The molecule has 546 valence electrons. The van der Waals surface area contributed by atoms with Crippen molar-refractivity contribution in [1.82, 2.24) is 0 Å². The molecule has 17 nitrogen and oxygen atoms in total. The number of esters is 4. The number of phosphoric acid groups is 2. The Morgan fingerprint density at radius 1 is 0.315 bits per heavy atom. The monoisotopic (exact) mass is 1350 g/mol. The van der Waals surface area contributed by atoms with E-state index in [1.165, 1.54) is 173 Å². The first-order valence-corrected chi connectivity index (χ1v) is 40.9. The Labute approximate surface area is 562 Å². The minimum atomic E-state index is -4.95. The summed E-state index contributed by atoms with van der Waals surface area (Å²) >= 11 is 0. The average molecular weight is 1350 g/mol. The second-order valence-electron chi connectivity index (χ2n) is 27.5. The van der Waals surface area contributed by atoms with Crippen LogP contribution in [-0.2, 0) is 65.4 Å². The van der Waals surface area contributed by atoms with E-state index in [1.807, 2.05) is 0 Å². The summed E-state index contributed by atoms with van der Waals surface area (Å²) in [7, 11) is -9.90. The molecule has 0 aromatic carbocycles. The molecule has 0 rings (SSSR count). The van der Waals surface area contributed by atoms with Crippen molar-refractivity contribution in [3.8, 4) is 0 Å². The zero-order valence-corrected chi connectivity index (χ0v) is 61.8. The summed E-state index contributed by atoms with van der Waals surface area (Å²) < 4.78 is 68.3. The van der Waals surface area contributed by atoms with Crippen LogP contribution in [-0.4, -0.2) is 96.7 Å². The third-order valence-corrected chi connectivity index (χ3v) is 19.1. The van der Waals surface area contributed by atoms with Gasteiger partial charge in [0, 0.05) is 25.7 Å². The Balaban J connectivity index is 5.17. The minimum absolute atomic E-state index is 0.102. The molecule has 0 saturated carbocycles. The quantitative estimate of drug-likeness (QED) is 0.0222. The lowest BCUT2D eigenvalue weighted by Gasteiger charge is -2.21. The topological polar surface area (TPSA) is 237 Å². The number of phosphoric ester groups is 2. The van der Waals surface area contributed by atoms with Crippen molar-refractivity contribution in [3.05, 3.63) is 0 Å². The number of carbonyl (C=O) groups is 4.